The second-order valence-corrected chi connectivity index (χ2v) is 3.34. The third-order valence-corrected chi connectivity index (χ3v) is 2.65. The first-order chi connectivity index (χ1) is 4.68. The zero-order chi connectivity index (χ0) is 7.19. The summed E-state index contributed by atoms with van der Waals surface area (Å²) in [6, 6.07) is 0.393. The topological polar surface area (TPSA) is 12.0 Å². The zero-order valence-electron chi connectivity index (χ0n) is 5.74. The van der Waals surface area contributed by atoms with Gasteiger partial charge in [-0.25, -0.2) is 8.78 Å². The van der Waals surface area contributed by atoms with Crippen LogP contribution < -0.4 is 5.32 Å². The van der Waals surface area contributed by atoms with Gasteiger partial charge in [0, 0.05) is 24.9 Å². The van der Waals surface area contributed by atoms with Crippen molar-refractivity contribution in [1.82, 2.24) is 5.32 Å². The van der Waals surface area contributed by atoms with Gasteiger partial charge in [-0.1, -0.05) is 0 Å². The molecule has 0 radical (unpaired) electrons. The van der Waals surface area contributed by atoms with Crippen molar-refractivity contribution in [3.63, 3.8) is 0 Å². The highest BCUT2D eigenvalue weighted by Crippen LogP contribution is 2.41. The molecule has 0 amide bonds. The quantitative estimate of drug-likeness (QED) is 0.546. The summed E-state index contributed by atoms with van der Waals surface area (Å²) in [5.74, 6) is -2.74. The van der Waals surface area contributed by atoms with E-state index in [1.807, 2.05) is 0 Å². The molecule has 1 nitrogen and oxygen atoms in total. The van der Waals surface area contributed by atoms with Gasteiger partial charge in [-0.2, -0.15) is 0 Å². The minimum Gasteiger partial charge on any atom is -0.313 e. The van der Waals surface area contributed by atoms with Crippen molar-refractivity contribution in [2.24, 2.45) is 5.92 Å². The third-order valence-electron chi connectivity index (χ3n) is 2.65. The van der Waals surface area contributed by atoms with Crippen LogP contribution >= 0.6 is 0 Å². The van der Waals surface area contributed by atoms with Gasteiger partial charge < -0.3 is 5.32 Å². The molecule has 2 rings (SSSR count). The van der Waals surface area contributed by atoms with Gasteiger partial charge in [0.15, 0.2) is 0 Å². The molecule has 1 heterocycles. The molecule has 2 unspecified atom stereocenters. The summed E-state index contributed by atoms with van der Waals surface area (Å²) in [6.45, 7) is 0.525. The number of rotatable bonds is 0. The van der Waals surface area contributed by atoms with Crippen LogP contribution in [0.1, 0.15) is 19.3 Å². The first-order valence-corrected chi connectivity index (χ1v) is 3.80. The summed E-state index contributed by atoms with van der Waals surface area (Å²) < 4.78 is 25.7. The predicted octanol–water partition coefficient (Wildman–Crippen LogP) is 1.39. The van der Waals surface area contributed by atoms with Crippen LogP contribution in [0.4, 0.5) is 8.78 Å². The zero-order valence-corrected chi connectivity index (χ0v) is 5.74. The lowest BCUT2D eigenvalue weighted by Gasteiger charge is -2.27. The van der Waals surface area contributed by atoms with Crippen LogP contribution in [0.3, 0.4) is 0 Å². The first-order valence-electron chi connectivity index (χ1n) is 3.80. The summed E-state index contributed by atoms with van der Waals surface area (Å²) in [5.41, 5.74) is 0. The maximum atomic E-state index is 12.9. The lowest BCUT2D eigenvalue weighted by Crippen LogP contribution is -2.32. The molecule has 2 bridgehead atoms. The van der Waals surface area contributed by atoms with Crippen molar-refractivity contribution < 1.29 is 8.78 Å². The Morgan fingerprint density at radius 2 is 2.20 bits per heavy atom. The van der Waals surface area contributed by atoms with Crippen LogP contribution in [0, 0.1) is 5.92 Å². The van der Waals surface area contributed by atoms with E-state index in [9.17, 15) is 8.78 Å². The number of alkyl halides is 2. The first kappa shape index (κ1) is 6.53. The van der Waals surface area contributed by atoms with Crippen LogP contribution in [-0.2, 0) is 0 Å². The normalized spacial score (nSPS) is 43.8. The van der Waals surface area contributed by atoms with E-state index in [0.717, 1.165) is 0 Å². The average Bonchev–Trinajstić information content (AvgIpc) is 2.26. The van der Waals surface area contributed by atoms with Gasteiger partial charge in [0.05, 0.1) is 0 Å². The van der Waals surface area contributed by atoms with E-state index < -0.39 is 5.92 Å². The van der Waals surface area contributed by atoms with E-state index in [1.165, 1.54) is 0 Å². The Hall–Kier alpha value is -0.180. The molecule has 1 aliphatic carbocycles. The molecule has 0 spiro atoms. The minimum atomic E-state index is -2.38. The van der Waals surface area contributed by atoms with Crippen LogP contribution in [0.5, 0.6) is 0 Å². The van der Waals surface area contributed by atoms with Gasteiger partial charge in [0.2, 0.25) is 0 Å². The highest BCUT2D eigenvalue weighted by atomic mass is 19.3. The van der Waals surface area contributed by atoms with E-state index in [-0.39, 0.29) is 12.3 Å². The van der Waals surface area contributed by atoms with Crippen molar-refractivity contribution in [1.29, 1.82) is 0 Å². The summed E-state index contributed by atoms with van der Waals surface area (Å²) in [5, 5.41) is 3.09. The number of nitrogens with one attached hydrogen (secondary N) is 1. The Bertz CT molecular complexity index is 147. The Kier molecular flexibility index (Phi) is 1.24. The van der Waals surface area contributed by atoms with Crippen LogP contribution in [0.25, 0.3) is 0 Å². The molecular formula is C7H11F2N. The smallest absolute Gasteiger partial charge is 0.252 e. The van der Waals surface area contributed by atoms with Crippen molar-refractivity contribution >= 4 is 0 Å². The van der Waals surface area contributed by atoms with Gasteiger partial charge in [0.25, 0.3) is 5.92 Å². The Balaban J connectivity index is 2.14. The van der Waals surface area contributed by atoms with E-state index >= 15 is 0 Å². The van der Waals surface area contributed by atoms with Crippen molar-refractivity contribution in [3.05, 3.63) is 0 Å². The molecule has 2 atom stereocenters. The molecule has 1 saturated heterocycles. The molecule has 1 saturated carbocycles. The average molecular weight is 147 g/mol. The third kappa shape index (κ3) is 0.839. The van der Waals surface area contributed by atoms with E-state index in [4.69, 9.17) is 0 Å². The van der Waals surface area contributed by atoms with Crippen molar-refractivity contribution in [3.8, 4) is 0 Å². The lowest BCUT2D eigenvalue weighted by molar-refractivity contribution is -0.0709. The van der Waals surface area contributed by atoms with Gasteiger partial charge in [-0.3, -0.25) is 0 Å². The minimum absolute atomic E-state index is 0.0926. The SMILES string of the molecule is FC1(F)CCC2CC1CN2. The van der Waals surface area contributed by atoms with Gasteiger partial charge in [0.1, 0.15) is 0 Å². The van der Waals surface area contributed by atoms with Crippen molar-refractivity contribution in [2.45, 2.75) is 31.2 Å². The summed E-state index contributed by atoms with van der Waals surface area (Å²) in [4.78, 5) is 0. The monoisotopic (exact) mass is 147 g/mol. The van der Waals surface area contributed by atoms with Crippen molar-refractivity contribution in [2.75, 3.05) is 6.54 Å². The fourth-order valence-corrected chi connectivity index (χ4v) is 1.93. The van der Waals surface area contributed by atoms with Crippen LogP contribution in [0.2, 0.25) is 0 Å². The largest absolute Gasteiger partial charge is 0.313 e. The number of fused-ring (bicyclic) bond motifs is 2. The molecule has 1 N–H and O–H groups in total. The molecule has 2 fully saturated rings. The van der Waals surface area contributed by atoms with Gasteiger partial charge in [-0.15, -0.1) is 0 Å². The predicted molar refractivity (Wildman–Crippen MR) is 34.1 cm³/mol. The highest BCUT2D eigenvalue weighted by molar-refractivity contribution is 4.95. The summed E-state index contributed by atoms with van der Waals surface area (Å²) in [6.07, 6.45) is 1.44. The van der Waals surface area contributed by atoms with Crippen LogP contribution in [0.15, 0.2) is 0 Å². The molecule has 58 valence electrons. The molecule has 1 aliphatic heterocycles. The standard InChI is InChI=1S/C7H11F2N/c8-7(9)2-1-6-3-5(7)4-10-6/h5-6,10H,1-4H2. The van der Waals surface area contributed by atoms with Crippen LogP contribution in [-0.4, -0.2) is 18.5 Å². The molecule has 0 aromatic carbocycles. The molecule has 10 heavy (non-hydrogen) atoms. The van der Waals surface area contributed by atoms with E-state index in [2.05, 4.69) is 5.32 Å². The van der Waals surface area contributed by atoms with Gasteiger partial charge >= 0.3 is 0 Å². The Labute approximate surface area is 58.8 Å². The fourth-order valence-electron chi connectivity index (χ4n) is 1.93. The summed E-state index contributed by atoms with van der Waals surface area (Å²) >= 11 is 0. The summed E-state index contributed by atoms with van der Waals surface area (Å²) in [7, 11) is 0. The molecule has 2 aliphatic rings. The maximum Gasteiger partial charge on any atom is 0.252 e. The molecular weight excluding hydrogens is 136 g/mol. The molecule has 0 aromatic rings. The fraction of sp³-hybridized carbons (Fsp3) is 1.00. The second-order valence-electron chi connectivity index (χ2n) is 3.34. The van der Waals surface area contributed by atoms with Gasteiger partial charge in [-0.05, 0) is 12.8 Å². The molecule has 3 heteroatoms. The number of hydrogen-bond acceptors (Lipinski definition) is 1. The maximum absolute atomic E-state index is 12.9. The molecule has 0 aromatic heterocycles. The second kappa shape index (κ2) is 1.91. The highest BCUT2D eigenvalue weighted by Gasteiger charge is 2.47. The Morgan fingerprint density at radius 1 is 1.40 bits per heavy atom. The van der Waals surface area contributed by atoms with E-state index in [1.54, 1.807) is 0 Å². The number of halogens is 2. The lowest BCUT2D eigenvalue weighted by atomic mass is 9.87. The Morgan fingerprint density at radius 3 is 2.90 bits per heavy atom. The number of hydrogen-bond donors (Lipinski definition) is 1. The van der Waals surface area contributed by atoms with E-state index in [0.29, 0.717) is 25.4 Å².